The summed E-state index contributed by atoms with van der Waals surface area (Å²) in [7, 11) is 0. The highest BCUT2D eigenvalue weighted by Gasteiger charge is 2.44. The van der Waals surface area contributed by atoms with E-state index >= 15 is 0 Å². The van der Waals surface area contributed by atoms with E-state index in [4.69, 9.17) is 0 Å². The fourth-order valence-corrected chi connectivity index (χ4v) is 1.50. The predicted molar refractivity (Wildman–Crippen MR) is 44.2 cm³/mol. The van der Waals surface area contributed by atoms with Crippen LogP contribution in [-0.2, 0) is 4.79 Å². The number of hydrogen-bond acceptors (Lipinski definition) is 2. The minimum atomic E-state index is -4.27. The summed E-state index contributed by atoms with van der Waals surface area (Å²) in [5.74, 6) is -0.338. The summed E-state index contributed by atoms with van der Waals surface area (Å²) < 4.78 is 37.5. The molecule has 1 fully saturated rings. The van der Waals surface area contributed by atoms with E-state index in [9.17, 15) is 18.0 Å². The number of halogens is 3. The summed E-state index contributed by atoms with van der Waals surface area (Å²) in [6.07, 6.45) is -3.66. The second kappa shape index (κ2) is 4.16. The molecular formula is C8H13F3N2O. The molecule has 1 aliphatic heterocycles. The zero-order valence-corrected chi connectivity index (χ0v) is 7.90. The van der Waals surface area contributed by atoms with Crippen molar-refractivity contribution < 1.29 is 18.0 Å². The molecule has 0 radical (unpaired) electrons. The number of carbonyl (C=O) groups excluding carboxylic acids is 1. The van der Waals surface area contributed by atoms with E-state index in [1.807, 2.05) is 0 Å². The first-order valence-corrected chi connectivity index (χ1v) is 4.58. The van der Waals surface area contributed by atoms with Crippen LogP contribution in [0, 0.1) is 0 Å². The maximum Gasteiger partial charge on any atom is 0.405 e. The largest absolute Gasteiger partial charge is 0.405 e. The molecule has 1 aliphatic rings. The van der Waals surface area contributed by atoms with Crippen molar-refractivity contribution in [3.05, 3.63) is 0 Å². The van der Waals surface area contributed by atoms with Gasteiger partial charge in [-0.1, -0.05) is 13.3 Å². The van der Waals surface area contributed by atoms with Crippen molar-refractivity contribution >= 4 is 5.91 Å². The molecule has 0 aromatic rings. The molecule has 1 unspecified atom stereocenters. The van der Waals surface area contributed by atoms with Gasteiger partial charge in [0.25, 0.3) is 0 Å². The monoisotopic (exact) mass is 210 g/mol. The maximum atomic E-state index is 12.5. The van der Waals surface area contributed by atoms with Gasteiger partial charge in [0.15, 0.2) is 0 Å². The van der Waals surface area contributed by atoms with E-state index in [1.165, 1.54) is 0 Å². The quantitative estimate of drug-likeness (QED) is 0.764. The van der Waals surface area contributed by atoms with Gasteiger partial charge in [0.2, 0.25) is 5.91 Å². The van der Waals surface area contributed by atoms with Crippen molar-refractivity contribution in [2.75, 3.05) is 6.54 Å². The summed E-state index contributed by atoms with van der Waals surface area (Å²) in [6, 6.07) is -1.54. The average molecular weight is 210 g/mol. The SMILES string of the molecule is CCCC(N1CCC(=O)N1)C(F)(F)F. The van der Waals surface area contributed by atoms with E-state index in [1.54, 1.807) is 6.92 Å². The van der Waals surface area contributed by atoms with Crippen molar-refractivity contribution in [3.8, 4) is 0 Å². The molecule has 1 N–H and O–H groups in total. The summed E-state index contributed by atoms with van der Waals surface area (Å²) >= 11 is 0. The Morgan fingerprint density at radius 3 is 2.57 bits per heavy atom. The van der Waals surface area contributed by atoms with Crippen LogP contribution < -0.4 is 5.43 Å². The molecule has 1 saturated heterocycles. The van der Waals surface area contributed by atoms with Crippen LogP contribution in [-0.4, -0.2) is 29.7 Å². The molecule has 14 heavy (non-hydrogen) atoms. The number of nitrogens with zero attached hydrogens (tertiary/aromatic N) is 1. The lowest BCUT2D eigenvalue weighted by Crippen LogP contribution is -2.49. The normalized spacial score (nSPS) is 21.0. The smallest absolute Gasteiger partial charge is 0.288 e. The molecule has 0 saturated carbocycles. The zero-order valence-electron chi connectivity index (χ0n) is 7.90. The molecule has 0 spiro atoms. The Bertz CT molecular complexity index is 217. The first-order valence-electron chi connectivity index (χ1n) is 4.58. The molecule has 3 nitrogen and oxygen atoms in total. The van der Waals surface area contributed by atoms with E-state index in [-0.39, 0.29) is 25.3 Å². The van der Waals surface area contributed by atoms with Gasteiger partial charge < -0.3 is 0 Å². The van der Waals surface area contributed by atoms with Gasteiger partial charge in [-0.2, -0.15) is 13.2 Å². The highest BCUT2D eigenvalue weighted by Crippen LogP contribution is 2.28. The van der Waals surface area contributed by atoms with Gasteiger partial charge in [0.1, 0.15) is 6.04 Å². The van der Waals surface area contributed by atoms with Crippen molar-refractivity contribution in [3.63, 3.8) is 0 Å². The number of nitrogens with one attached hydrogen (secondary N) is 1. The van der Waals surface area contributed by atoms with E-state index in [0.29, 0.717) is 6.42 Å². The highest BCUT2D eigenvalue weighted by molar-refractivity contribution is 5.77. The van der Waals surface area contributed by atoms with Gasteiger partial charge in [0, 0.05) is 13.0 Å². The fourth-order valence-electron chi connectivity index (χ4n) is 1.50. The first-order chi connectivity index (χ1) is 6.45. The maximum absolute atomic E-state index is 12.5. The Morgan fingerprint density at radius 1 is 1.57 bits per heavy atom. The molecule has 1 atom stereocenters. The van der Waals surface area contributed by atoms with Crippen LogP contribution in [0.4, 0.5) is 13.2 Å². The van der Waals surface area contributed by atoms with Gasteiger partial charge in [-0.15, -0.1) is 0 Å². The third-order valence-electron chi connectivity index (χ3n) is 2.16. The van der Waals surface area contributed by atoms with Crippen molar-refractivity contribution in [1.82, 2.24) is 10.4 Å². The molecule has 1 amide bonds. The molecule has 0 aliphatic carbocycles. The minimum Gasteiger partial charge on any atom is -0.288 e. The third-order valence-corrected chi connectivity index (χ3v) is 2.16. The van der Waals surface area contributed by atoms with Gasteiger partial charge in [-0.3, -0.25) is 10.2 Å². The molecule has 0 bridgehead atoms. The second-order valence-electron chi connectivity index (χ2n) is 3.32. The Morgan fingerprint density at radius 2 is 2.21 bits per heavy atom. The van der Waals surface area contributed by atoms with E-state index < -0.39 is 12.2 Å². The summed E-state index contributed by atoms with van der Waals surface area (Å²) in [5.41, 5.74) is 2.22. The van der Waals surface area contributed by atoms with Crippen molar-refractivity contribution in [1.29, 1.82) is 0 Å². The van der Waals surface area contributed by atoms with Crippen molar-refractivity contribution in [2.45, 2.75) is 38.4 Å². The van der Waals surface area contributed by atoms with Gasteiger partial charge in [-0.25, -0.2) is 5.01 Å². The number of carbonyl (C=O) groups is 1. The fraction of sp³-hybridized carbons (Fsp3) is 0.875. The van der Waals surface area contributed by atoms with Gasteiger partial charge in [0.05, 0.1) is 0 Å². The van der Waals surface area contributed by atoms with Crippen LogP contribution in [0.5, 0.6) is 0 Å². The topological polar surface area (TPSA) is 32.3 Å². The molecule has 1 heterocycles. The van der Waals surface area contributed by atoms with E-state index in [0.717, 1.165) is 5.01 Å². The van der Waals surface area contributed by atoms with Crippen LogP contribution >= 0.6 is 0 Å². The van der Waals surface area contributed by atoms with Crippen LogP contribution in [0.25, 0.3) is 0 Å². The number of hydrazine groups is 1. The Balaban J connectivity index is 2.63. The van der Waals surface area contributed by atoms with Crippen LogP contribution in [0.2, 0.25) is 0 Å². The average Bonchev–Trinajstić information content (AvgIpc) is 2.45. The van der Waals surface area contributed by atoms with Crippen LogP contribution in [0.1, 0.15) is 26.2 Å². The molecule has 6 heteroatoms. The Kier molecular flexibility index (Phi) is 3.36. The second-order valence-corrected chi connectivity index (χ2v) is 3.32. The summed E-state index contributed by atoms with van der Waals surface area (Å²) in [5, 5.41) is 0.992. The van der Waals surface area contributed by atoms with Crippen molar-refractivity contribution in [2.24, 2.45) is 0 Å². The Hall–Kier alpha value is -0.780. The van der Waals surface area contributed by atoms with Gasteiger partial charge in [-0.05, 0) is 6.42 Å². The lowest BCUT2D eigenvalue weighted by Gasteiger charge is -2.28. The number of alkyl halides is 3. The number of rotatable bonds is 3. The zero-order chi connectivity index (χ0) is 10.8. The third kappa shape index (κ3) is 2.60. The lowest BCUT2D eigenvalue weighted by atomic mass is 10.1. The summed E-state index contributed by atoms with van der Waals surface area (Å²) in [4.78, 5) is 10.8. The minimum absolute atomic E-state index is 0.0176. The lowest BCUT2D eigenvalue weighted by molar-refractivity contribution is -0.190. The van der Waals surface area contributed by atoms with Crippen LogP contribution in [0.3, 0.4) is 0 Å². The van der Waals surface area contributed by atoms with E-state index in [2.05, 4.69) is 5.43 Å². The molecule has 0 aromatic carbocycles. The number of hydrogen-bond donors (Lipinski definition) is 1. The molecular weight excluding hydrogens is 197 g/mol. The highest BCUT2D eigenvalue weighted by atomic mass is 19.4. The predicted octanol–water partition coefficient (Wildman–Crippen LogP) is 1.45. The molecule has 0 aromatic heterocycles. The van der Waals surface area contributed by atoms with Gasteiger partial charge >= 0.3 is 6.18 Å². The standard InChI is InChI=1S/C8H13F3N2O/c1-2-3-6(8(9,10)11)13-5-4-7(14)12-13/h6H,2-5H2,1H3,(H,12,14). The first kappa shape index (κ1) is 11.3. The van der Waals surface area contributed by atoms with Crippen LogP contribution in [0.15, 0.2) is 0 Å². The molecule has 1 rings (SSSR count). The Labute approximate surface area is 80.2 Å². The summed E-state index contributed by atoms with van der Waals surface area (Å²) in [6.45, 7) is 1.83. The number of amides is 1. The molecule has 82 valence electrons.